The van der Waals surface area contributed by atoms with E-state index < -0.39 is 6.10 Å². The quantitative estimate of drug-likeness (QED) is 0.0262. The molecule has 0 saturated heterocycles. The van der Waals surface area contributed by atoms with E-state index in [-0.39, 0.29) is 44.0 Å². The average Bonchev–Trinajstić information content (AvgIpc) is 3.35. The van der Waals surface area contributed by atoms with Gasteiger partial charge in [-0.3, -0.25) is 14.4 Å². The third kappa shape index (κ3) is 54.9. The Kier molecular flexibility index (Phi) is 53.4. The van der Waals surface area contributed by atoms with Gasteiger partial charge in [0.05, 0.1) is 0 Å². The minimum atomic E-state index is -0.823. The molecule has 0 aliphatic rings. The topological polar surface area (TPSA) is 78.9 Å². The Hall–Kier alpha value is -3.93. The van der Waals surface area contributed by atoms with Gasteiger partial charge in [-0.25, -0.2) is 0 Å². The van der Waals surface area contributed by atoms with E-state index in [1.807, 2.05) is 0 Å². The molecule has 0 spiro atoms. The zero-order valence-corrected chi connectivity index (χ0v) is 44.8. The molecule has 0 amide bonds. The number of carbonyl (C=O) groups excluding carboxylic acids is 3. The van der Waals surface area contributed by atoms with E-state index in [1.54, 1.807) is 0 Å². The predicted octanol–water partition coefficient (Wildman–Crippen LogP) is 19.1. The van der Waals surface area contributed by atoms with Crippen LogP contribution < -0.4 is 0 Å². The summed E-state index contributed by atoms with van der Waals surface area (Å²) in [7, 11) is 0. The van der Waals surface area contributed by atoms with Crippen molar-refractivity contribution in [1.29, 1.82) is 0 Å². The van der Waals surface area contributed by atoms with Crippen LogP contribution in [0.5, 0.6) is 0 Å². The van der Waals surface area contributed by atoms with Crippen LogP contribution >= 0.6 is 0 Å². The first-order valence-electron chi connectivity index (χ1n) is 28.4. The highest BCUT2D eigenvalue weighted by Gasteiger charge is 2.19. The molecule has 0 saturated carbocycles. The number of allylic oxidation sites excluding steroid dienone is 18. The van der Waals surface area contributed by atoms with E-state index >= 15 is 0 Å². The zero-order valence-electron chi connectivity index (χ0n) is 44.8. The Morgan fingerprint density at radius 1 is 0.304 bits per heavy atom. The van der Waals surface area contributed by atoms with Gasteiger partial charge in [0.1, 0.15) is 13.2 Å². The molecule has 0 heterocycles. The summed E-state index contributed by atoms with van der Waals surface area (Å²) in [5.41, 5.74) is 0. The van der Waals surface area contributed by atoms with Gasteiger partial charge in [0.15, 0.2) is 6.10 Å². The second kappa shape index (κ2) is 56.7. The van der Waals surface area contributed by atoms with Crippen LogP contribution in [0.3, 0.4) is 0 Å². The molecule has 0 bridgehead atoms. The Morgan fingerprint density at radius 2 is 0.580 bits per heavy atom. The smallest absolute Gasteiger partial charge is 0.306 e. The largest absolute Gasteiger partial charge is 0.462 e. The fourth-order valence-corrected chi connectivity index (χ4v) is 7.53. The molecule has 0 fully saturated rings. The van der Waals surface area contributed by atoms with Crippen molar-refractivity contribution in [2.75, 3.05) is 13.2 Å². The predicted molar refractivity (Wildman–Crippen MR) is 297 cm³/mol. The lowest BCUT2D eigenvalue weighted by atomic mass is 10.0. The fraction of sp³-hybridized carbons (Fsp3) is 0.667. The van der Waals surface area contributed by atoms with Gasteiger partial charge in [-0.15, -0.1) is 0 Å². The highest BCUT2D eigenvalue weighted by molar-refractivity contribution is 5.71. The van der Waals surface area contributed by atoms with Crippen LogP contribution in [0.15, 0.2) is 109 Å². The van der Waals surface area contributed by atoms with Gasteiger partial charge in [0.25, 0.3) is 0 Å². The van der Waals surface area contributed by atoms with Crippen LogP contribution in [0.1, 0.15) is 252 Å². The van der Waals surface area contributed by atoms with E-state index in [1.165, 1.54) is 116 Å². The molecule has 0 aromatic carbocycles. The summed E-state index contributed by atoms with van der Waals surface area (Å²) in [6.45, 7) is 6.41. The second-order valence-electron chi connectivity index (χ2n) is 18.5. The van der Waals surface area contributed by atoms with Gasteiger partial charge in [-0.1, -0.05) is 246 Å². The Bertz CT molecular complexity index is 1420. The highest BCUT2D eigenvalue weighted by Crippen LogP contribution is 2.15. The third-order valence-corrected chi connectivity index (χ3v) is 11.8. The SMILES string of the molecule is CC/C=C\C/C=C\C/C=C\C/C=C\C/C=C\CCCC(=O)OC[C@H](COC(=O)CCC/C=C\C/C=C\C/C=C\C/C=C\CCCCC)OC(=O)CCCCCCCCCCCCCCCCCCC. The maximum Gasteiger partial charge on any atom is 0.306 e. The Morgan fingerprint density at radius 3 is 0.928 bits per heavy atom. The first kappa shape index (κ1) is 65.1. The normalized spacial score (nSPS) is 12.9. The standard InChI is InChI=1S/C63H104O6/c1-4-7-10-13-16-19-22-25-28-31-34-37-40-43-46-49-52-55-61(64)67-58-60(69-63(66)57-54-51-48-45-42-39-36-33-30-27-24-21-18-15-12-9-6-3)59-68-62(65)56-53-50-47-44-41-38-35-32-29-26-23-20-17-14-11-8-5-2/h7,10,16-17,19-20,25-26,28-29,34-35,37-38,43-44,46-47,60H,4-6,8-9,11-15,18,21-24,27,30-33,36,39-42,45,48-59H2,1-3H3/b10-7-,19-16-,20-17-,28-25-,29-26-,37-34-,38-35-,46-43-,47-44-/t60-/m1/s1. The highest BCUT2D eigenvalue weighted by atomic mass is 16.6. The Labute approximate surface area is 425 Å². The lowest BCUT2D eigenvalue weighted by molar-refractivity contribution is -0.167. The van der Waals surface area contributed by atoms with Crippen molar-refractivity contribution in [2.24, 2.45) is 0 Å². The maximum absolute atomic E-state index is 12.9. The molecular weight excluding hydrogens is 853 g/mol. The first-order valence-corrected chi connectivity index (χ1v) is 28.4. The van der Waals surface area contributed by atoms with Crippen molar-refractivity contribution >= 4 is 17.9 Å². The summed E-state index contributed by atoms with van der Waals surface area (Å²) >= 11 is 0. The molecular formula is C63H104O6. The molecule has 0 aliphatic carbocycles. The number of hydrogen-bond acceptors (Lipinski definition) is 6. The van der Waals surface area contributed by atoms with Crippen molar-refractivity contribution in [1.82, 2.24) is 0 Å². The summed E-state index contributed by atoms with van der Waals surface area (Å²) in [5, 5.41) is 0. The van der Waals surface area contributed by atoms with Crippen LogP contribution in [-0.2, 0) is 28.6 Å². The van der Waals surface area contributed by atoms with E-state index in [4.69, 9.17) is 14.2 Å². The van der Waals surface area contributed by atoms with Crippen molar-refractivity contribution < 1.29 is 28.6 Å². The summed E-state index contributed by atoms with van der Waals surface area (Å²) in [4.78, 5) is 38.1. The lowest BCUT2D eigenvalue weighted by Crippen LogP contribution is -2.30. The van der Waals surface area contributed by atoms with E-state index in [2.05, 4.69) is 130 Å². The summed E-state index contributed by atoms with van der Waals surface area (Å²) in [6, 6.07) is 0. The van der Waals surface area contributed by atoms with Crippen LogP contribution in [0, 0.1) is 0 Å². The monoisotopic (exact) mass is 957 g/mol. The first-order chi connectivity index (χ1) is 34.0. The van der Waals surface area contributed by atoms with Gasteiger partial charge >= 0.3 is 17.9 Å². The molecule has 6 heteroatoms. The molecule has 69 heavy (non-hydrogen) atoms. The van der Waals surface area contributed by atoms with Crippen molar-refractivity contribution in [3.8, 4) is 0 Å². The molecule has 0 aromatic rings. The molecule has 6 nitrogen and oxygen atoms in total. The zero-order chi connectivity index (χ0) is 50.0. The van der Waals surface area contributed by atoms with Crippen molar-refractivity contribution in [3.63, 3.8) is 0 Å². The van der Waals surface area contributed by atoms with Crippen LogP contribution in [0.25, 0.3) is 0 Å². The molecule has 0 aliphatic heterocycles. The molecule has 0 radical (unpaired) electrons. The number of unbranched alkanes of at least 4 members (excludes halogenated alkanes) is 21. The number of carbonyl (C=O) groups is 3. The summed E-state index contributed by atoms with van der Waals surface area (Å²) < 4.78 is 16.8. The summed E-state index contributed by atoms with van der Waals surface area (Å²) in [5.74, 6) is -1.03. The molecule has 0 aromatic heterocycles. The second-order valence-corrected chi connectivity index (χ2v) is 18.5. The molecule has 392 valence electrons. The summed E-state index contributed by atoms with van der Waals surface area (Å²) in [6.07, 6.45) is 76.6. The van der Waals surface area contributed by atoms with E-state index in [9.17, 15) is 14.4 Å². The van der Waals surface area contributed by atoms with Crippen LogP contribution in [0.2, 0.25) is 0 Å². The van der Waals surface area contributed by atoms with Crippen LogP contribution in [0.4, 0.5) is 0 Å². The number of esters is 3. The minimum Gasteiger partial charge on any atom is -0.462 e. The number of rotatable bonds is 50. The van der Waals surface area contributed by atoms with Gasteiger partial charge in [0, 0.05) is 19.3 Å². The van der Waals surface area contributed by atoms with E-state index in [0.29, 0.717) is 19.3 Å². The van der Waals surface area contributed by atoms with Gasteiger partial charge < -0.3 is 14.2 Å². The van der Waals surface area contributed by atoms with E-state index in [0.717, 1.165) is 83.5 Å². The number of hydrogen-bond donors (Lipinski definition) is 0. The van der Waals surface area contributed by atoms with Crippen LogP contribution in [-0.4, -0.2) is 37.2 Å². The third-order valence-electron chi connectivity index (χ3n) is 11.8. The van der Waals surface area contributed by atoms with Gasteiger partial charge in [-0.05, 0) is 96.3 Å². The van der Waals surface area contributed by atoms with Gasteiger partial charge in [-0.2, -0.15) is 0 Å². The average molecular weight is 958 g/mol. The molecule has 1 atom stereocenters. The maximum atomic E-state index is 12.9. The Balaban J connectivity index is 4.55. The fourth-order valence-electron chi connectivity index (χ4n) is 7.53. The number of ether oxygens (including phenoxy) is 3. The molecule has 0 rings (SSSR count). The lowest BCUT2D eigenvalue weighted by Gasteiger charge is -2.18. The van der Waals surface area contributed by atoms with Gasteiger partial charge in [0.2, 0.25) is 0 Å². The van der Waals surface area contributed by atoms with Crippen molar-refractivity contribution in [2.45, 2.75) is 258 Å². The molecule has 0 unspecified atom stereocenters. The minimum absolute atomic E-state index is 0.124. The van der Waals surface area contributed by atoms with Crippen molar-refractivity contribution in [3.05, 3.63) is 109 Å². The molecule has 0 N–H and O–H groups in total.